The van der Waals surface area contributed by atoms with E-state index in [1.807, 2.05) is 12.4 Å². The van der Waals surface area contributed by atoms with Crippen molar-refractivity contribution in [2.45, 2.75) is 58.6 Å². The van der Waals surface area contributed by atoms with Gasteiger partial charge in [0.25, 0.3) is 0 Å². The molecule has 0 aliphatic carbocycles. The quantitative estimate of drug-likeness (QED) is 0.357. The van der Waals surface area contributed by atoms with Crippen molar-refractivity contribution in [3.05, 3.63) is 36.3 Å². The third kappa shape index (κ3) is 4.66. The number of piperidine rings is 1. The molecule has 0 radical (unpaired) electrons. The lowest BCUT2D eigenvalue weighted by molar-refractivity contribution is 0.0899. The Hall–Kier alpha value is -1.68. The highest BCUT2D eigenvalue weighted by molar-refractivity contribution is 7.89. The molecule has 3 aromatic rings. The van der Waals surface area contributed by atoms with Crippen molar-refractivity contribution in [2.24, 2.45) is 5.92 Å². The van der Waals surface area contributed by atoms with Gasteiger partial charge in [-0.2, -0.15) is 0 Å². The minimum atomic E-state index is -3.19. The molecule has 176 valence electrons. The second kappa shape index (κ2) is 8.93. The van der Waals surface area contributed by atoms with E-state index in [1.54, 1.807) is 11.2 Å². The molecule has 0 spiro atoms. The van der Waals surface area contributed by atoms with Crippen molar-refractivity contribution in [1.29, 1.82) is 0 Å². The van der Waals surface area contributed by atoms with Crippen LogP contribution in [-0.2, 0) is 21.5 Å². The maximum Gasteiger partial charge on any atom is 0.213 e. The van der Waals surface area contributed by atoms with Crippen molar-refractivity contribution in [1.82, 2.24) is 18.3 Å². The van der Waals surface area contributed by atoms with Gasteiger partial charge in [-0.3, -0.25) is 0 Å². The van der Waals surface area contributed by atoms with E-state index in [4.69, 9.17) is 9.72 Å². The molecule has 0 N–H and O–H groups in total. The lowest BCUT2D eigenvalue weighted by Gasteiger charge is -2.36. The molecule has 4 heterocycles. The van der Waals surface area contributed by atoms with Crippen LogP contribution in [0.3, 0.4) is 0 Å². The number of sulfonamides is 1. The van der Waals surface area contributed by atoms with E-state index < -0.39 is 18.1 Å². The molecule has 1 saturated heterocycles. The zero-order valence-corrected chi connectivity index (χ0v) is 21.7. The Morgan fingerprint density at radius 1 is 1.22 bits per heavy atom. The topological polar surface area (TPSA) is 68.8 Å². The first-order chi connectivity index (χ1) is 15.1. The summed E-state index contributed by atoms with van der Waals surface area (Å²) in [5.74, 6) is 0.707. The Bertz CT molecular complexity index is 1200. The van der Waals surface area contributed by atoms with Gasteiger partial charge in [0.15, 0.2) is 5.65 Å². The summed E-state index contributed by atoms with van der Waals surface area (Å²) in [6, 6.07) is 7.46. The normalized spacial score (nSPS) is 21.0. The summed E-state index contributed by atoms with van der Waals surface area (Å²) >= 11 is 0. The molecule has 0 amide bonds. The van der Waals surface area contributed by atoms with E-state index in [0.717, 1.165) is 41.4 Å². The van der Waals surface area contributed by atoms with Crippen LogP contribution in [0.1, 0.15) is 31.9 Å². The highest BCUT2D eigenvalue weighted by atomic mass is 32.2. The van der Waals surface area contributed by atoms with Crippen LogP contribution >= 0.6 is 0 Å². The lowest BCUT2D eigenvalue weighted by atomic mass is 9.85. The van der Waals surface area contributed by atoms with Gasteiger partial charge >= 0.3 is 0 Å². The zero-order valence-electron chi connectivity index (χ0n) is 19.9. The van der Waals surface area contributed by atoms with Crippen LogP contribution in [-0.4, -0.2) is 60.2 Å². The predicted molar refractivity (Wildman–Crippen MR) is 132 cm³/mol. The third-order valence-corrected chi connectivity index (χ3v) is 10.3. The monoisotopic (exact) mass is 476 g/mol. The number of rotatable bonds is 8. The molecule has 9 heteroatoms. The van der Waals surface area contributed by atoms with Crippen LogP contribution in [0.5, 0.6) is 0 Å². The molecule has 32 heavy (non-hydrogen) atoms. The molecule has 0 bridgehead atoms. The van der Waals surface area contributed by atoms with Gasteiger partial charge in [0.2, 0.25) is 10.0 Å². The van der Waals surface area contributed by atoms with E-state index in [0.29, 0.717) is 25.7 Å². The van der Waals surface area contributed by atoms with Crippen molar-refractivity contribution in [3.8, 4) is 0 Å². The smallest absolute Gasteiger partial charge is 0.213 e. The largest absolute Gasteiger partial charge is 0.361 e. The number of nitrogens with zero attached hydrogens (tertiary/aromatic N) is 4. The number of hydrogen-bond acceptors (Lipinski definition) is 4. The van der Waals surface area contributed by atoms with E-state index >= 15 is 0 Å². The zero-order chi connectivity index (χ0) is 23.1. The summed E-state index contributed by atoms with van der Waals surface area (Å²) in [6.07, 6.45) is 4.81. The van der Waals surface area contributed by atoms with Crippen molar-refractivity contribution in [3.63, 3.8) is 0 Å². The first-order valence-corrected chi connectivity index (χ1v) is 16.9. The van der Waals surface area contributed by atoms with Gasteiger partial charge in [0.1, 0.15) is 6.73 Å². The van der Waals surface area contributed by atoms with Crippen LogP contribution in [0.4, 0.5) is 0 Å². The lowest BCUT2D eigenvalue weighted by Crippen LogP contribution is -2.43. The minimum absolute atomic E-state index is 0.148. The van der Waals surface area contributed by atoms with E-state index in [-0.39, 0.29) is 11.7 Å². The number of hydrogen-bond donors (Lipinski definition) is 0. The van der Waals surface area contributed by atoms with Gasteiger partial charge in [-0.1, -0.05) is 26.6 Å². The SMILES string of the molecule is CCS(=O)(=O)N1CCC(C)C(c2ccc3cnc4c(ccn4COCC[Si](C)(C)C)n23)C1. The van der Waals surface area contributed by atoms with Gasteiger partial charge in [0, 0.05) is 45.6 Å². The molecule has 1 aliphatic heterocycles. The van der Waals surface area contributed by atoms with Gasteiger partial charge in [-0.05, 0) is 43.5 Å². The maximum atomic E-state index is 12.5. The fourth-order valence-electron chi connectivity index (χ4n) is 4.54. The average molecular weight is 477 g/mol. The molecule has 2 unspecified atom stereocenters. The third-order valence-electron chi connectivity index (χ3n) is 6.70. The van der Waals surface area contributed by atoms with Crippen LogP contribution in [0.15, 0.2) is 30.6 Å². The maximum absolute atomic E-state index is 12.5. The molecule has 7 nitrogen and oxygen atoms in total. The molecule has 1 aliphatic rings. The number of ether oxygens (including phenoxy) is 1. The van der Waals surface area contributed by atoms with Crippen LogP contribution in [0.2, 0.25) is 25.7 Å². The van der Waals surface area contributed by atoms with Crippen LogP contribution in [0, 0.1) is 5.92 Å². The summed E-state index contributed by atoms with van der Waals surface area (Å²) in [5.41, 5.74) is 4.13. The Morgan fingerprint density at radius 3 is 2.72 bits per heavy atom. The summed E-state index contributed by atoms with van der Waals surface area (Å²) in [4.78, 5) is 4.71. The number of fused-ring (bicyclic) bond motifs is 3. The Kier molecular flexibility index (Phi) is 6.55. The van der Waals surface area contributed by atoms with E-state index in [9.17, 15) is 8.42 Å². The summed E-state index contributed by atoms with van der Waals surface area (Å²) in [5, 5.41) is 0. The minimum Gasteiger partial charge on any atom is -0.361 e. The van der Waals surface area contributed by atoms with Gasteiger partial charge in [0.05, 0.1) is 23.0 Å². The standard InChI is InChI=1S/C23H36N4O3SSi/c1-6-31(28,29)26-12-9-18(2)20(16-26)21-8-7-19-15-24-23-22(27(19)21)10-11-25(23)17-30-13-14-32(3,4)5/h7-8,10-11,15,18,20H,6,9,12-14,16-17H2,1-5H3. The molecule has 1 fully saturated rings. The molecule has 4 rings (SSSR count). The summed E-state index contributed by atoms with van der Waals surface area (Å²) < 4.78 is 37.0. The molecule has 0 aromatic carbocycles. The van der Waals surface area contributed by atoms with Gasteiger partial charge in [-0.25, -0.2) is 17.7 Å². The van der Waals surface area contributed by atoms with Gasteiger partial charge in [-0.15, -0.1) is 0 Å². The Morgan fingerprint density at radius 2 is 2.00 bits per heavy atom. The fourth-order valence-corrected chi connectivity index (χ4v) is 6.43. The molecule has 0 saturated carbocycles. The van der Waals surface area contributed by atoms with Crippen LogP contribution in [0.25, 0.3) is 16.7 Å². The molecular weight excluding hydrogens is 440 g/mol. The van der Waals surface area contributed by atoms with Gasteiger partial charge < -0.3 is 13.7 Å². The first kappa shape index (κ1) is 23.5. The van der Waals surface area contributed by atoms with Crippen LogP contribution < -0.4 is 0 Å². The second-order valence-electron chi connectivity index (χ2n) is 10.3. The first-order valence-electron chi connectivity index (χ1n) is 11.6. The number of aromatic nitrogens is 3. The highest BCUT2D eigenvalue weighted by Gasteiger charge is 2.34. The Labute approximate surface area is 192 Å². The van der Waals surface area contributed by atoms with E-state index in [2.05, 4.69) is 53.7 Å². The summed E-state index contributed by atoms with van der Waals surface area (Å²) in [6.45, 7) is 13.4. The van der Waals surface area contributed by atoms with Crippen molar-refractivity contribution >= 4 is 34.8 Å². The predicted octanol–water partition coefficient (Wildman–Crippen LogP) is 4.38. The fraction of sp³-hybridized carbons (Fsp3) is 0.609. The van der Waals surface area contributed by atoms with E-state index in [1.165, 1.54) is 0 Å². The molecule has 3 aromatic heterocycles. The van der Waals surface area contributed by atoms with Crippen molar-refractivity contribution < 1.29 is 13.2 Å². The average Bonchev–Trinajstić information content (AvgIpc) is 3.34. The molecular formula is C23H36N4O3SSi. The second-order valence-corrected chi connectivity index (χ2v) is 18.1. The molecule has 2 atom stereocenters. The highest BCUT2D eigenvalue weighted by Crippen LogP contribution is 2.35. The Balaban J connectivity index is 1.64. The van der Waals surface area contributed by atoms with Crippen molar-refractivity contribution in [2.75, 3.05) is 25.4 Å². The summed E-state index contributed by atoms with van der Waals surface area (Å²) in [7, 11) is -4.31.